The van der Waals surface area contributed by atoms with Crippen molar-refractivity contribution in [1.29, 1.82) is 0 Å². The Balaban J connectivity index is 1.65. The number of anilines is 1. The zero-order valence-corrected chi connectivity index (χ0v) is 14.9. The van der Waals surface area contributed by atoms with Crippen LogP contribution in [0.15, 0.2) is 42.5 Å². The maximum absolute atomic E-state index is 12.9. The van der Waals surface area contributed by atoms with Gasteiger partial charge in [0.2, 0.25) is 0 Å². The van der Waals surface area contributed by atoms with E-state index in [0.29, 0.717) is 18.0 Å². The maximum atomic E-state index is 12.9. The zero-order valence-electron chi connectivity index (χ0n) is 14.9. The minimum Gasteiger partial charge on any atom is -0.492 e. The molecule has 0 bridgehead atoms. The molecule has 1 saturated carbocycles. The van der Waals surface area contributed by atoms with E-state index in [4.69, 9.17) is 4.74 Å². The Labute approximate surface area is 155 Å². The second kappa shape index (κ2) is 8.03. The minimum atomic E-state index is -0.499. The highest BCUT2D eigenvalue weighted by atomic mass is 19.1. The first-order chi connectivity index (χ1) is 12.9. The lowest BCUT2D eigenvalue weighted by molar-refractivity contribution is -0.384. The van der Waals surface area contributed by atoms with Crippen molar-refractivity contribution in [2.24, 2.45) is 0 Å². The third kappa shape index (κ3) is 4.93. The number of amides is 1. The molecule has 1 N–H and O–H groups in total. The molecule has 3 rings (SSSR count). The summed E-state index contributed by atoms with van der Waals surface area (Å²) in [7, 11) is 1.71. The molecule has 1 fully saturated rings. The van der Waals surface area contributed by atoms with Gasteiger partial charge in [0.15, 0.2) is 0 Å². The van der Waals surface area contributed by atoms with Gasteiger partial charge in [0, 0.05) is 24.7 Å². The van der Waals surface area contributed by atoms with E-state index < -0.39 is 4.92 Å². The molecular weight excluding hydrogens is 353 g/mol. The molecule has 2 aromatic rings. The molecule has 8 heteroatoms. The Hall–Kier alpha value is -3.16. The number of nitrogens with zero attached hydrogens (tertiary/aromatic N) is 2. The maximum Gasteiger partial charge on any atom is 0.293 e. The quantitative estimate of drug-likeness (QED) is 0.568. The number of carbonyl (C=O) groups excluding carboxylic acids is 1. The standard InChI is InChI=1S/C19H20FN3O4/c1-22(10-11-27-16-7-3-14(20)4-8-16)17-9-2-13(12-18(17)23(25)26)19(24)21-15-5-6-15/h2-4,7-9,12,15H,5-6,10-11H2,1H3,(H,21,24). The van der Waals surface area contributed by atoms with Gasteiger partial charge in [-0.3, -0.25) is 14.9 Å². The van der Waals surface area contributed by atoms with E-state index in [1.807, 2.05) is 0 Å². The number of rotatable bonds is 8. The van der Waals surface area contributed by atoms with E-state index in [-0.39, 0.29) is 35.6 Å². The van der Waals surface area contributed by atoms with Gasteiger partial charge in [0.25, 0.3) is 11.6 Å². The molecule has 0 spiro atoms. The molecule has 1 aliphatic rings. The number of carbonyl (C=O) groups is 1. The lowest BCUT2D eigenvalue weighted by Gasteiger charge is -2.19. The van der Waals surface area contributed by atoms with Gasteiger partial charge in [-0.2, -0.15) is 0 Å². The summed E-state index contributed by atoms with van der Waals surface area (Å²) in [5.74, 6) is -0.123. The van der Waals surface area contributed by atoms with Gasteiger partial charge in [-0.1, -0.05) is 0 Å². The molecule has 0 aliphatic heterocycles. The van der Waals surface area contributed by atoms with Crippen LogP contribution < -0.4 is 15.0 Å². The van der Waals surface area contributed by atoms with E-state index in [9.17, 15) is 19.3 Å². The Bertz CT molecular complexity index is 837. The lowest BCUT2D eigenvalue weighted by Crippen LogP contribution is -2.26. The van der Waals surface area contributed by atoms with Crippen LogP contribution >= 0.6 is 0 Å². The van der Waals surface area contributed by atoms with Crippen molar-refractivity contribution in [2.45, 2.75) is 18.9 Å². The molecular formula is C19H20FN3O4. The summed E-state index contributed by atoms with van der Waals surface area (Å²) >= 11 is 0. The first-order valence-corrected chi connectivity index (χ1v) is 8.63. The summed E-state index contributed by atoms with van der Waals surface area (Å²) in [5, 5.41) is 14.3. The van der Waals surface area contributed by atoms with E-state index in [2.05, 4.69) is 5.32 Å². The highest BCUT2D eigenvalue weighted by Crippen LogP contribution is 2.29. The highest BCUT2D eigenvalue weighted by molar-refractivity contribution is 5.96. The topological polar surface area (TPSA) is 84.7 Å². The molecule has 142 valence electrons. The van der Waals surface area contributed by atoms with Gasteiger partial charge < -0.3 is 15.0 Å². The largest absolute Gasteiger partial charge is 0.492 e. The molecule has 0 heterocycles. The molecule has 1 amide bonds. The van der Waals surface area contributed by atoms with Crippen molar-refractivity contribution < 1.29 is 18.8 Å². The summed E-state index contributed by atoms with van der Waals surface area (Å²) in [4.78, 5) is 24.7. The Morgan fingerprint density at radius 1 is 1.30 bits per heavy atom. The third-order valence-electron chi connectivity index (χ3n) is 4.27. The van der Waals surface area contributed by atoms with Crippen molar-refractivity contribution in [1.82, 2.24) is 5.32 Å². The molecule has 0 unspecified atom stereocenters. The summed E-state index contributed by atoms with van der Waals surface area (Å²) in [6.07, 6.45) is 1.89. The molecule has 7 nitrogen and oxygen atoms in total. The number of ether oxygens (including phenoxy) is 1. The van der Waals surface area contributed by atoms with Crippen LogP contribution in [-0.2, 0) is 0 Å². The third-order valence-corrected chi connectivity index (χ3v) is 4.27. The van der Waals surface area contributed by atoms with Gasteiger partial charge in [-0.15, -0.1) is 0 Å². The van der Waals surface area contributed by atoms with Crippen molar-refractivity contribution in [3.63, 3.8) is 0 Å². The Kier molecular flexibility index (Phi) is 5.54. The van der Waals surface area contributed by atoms with E-state index in [0.717, 1.165) is 12.8 Å². The number of nitro groups is 1. The first kappa shape index (κ1) is 18.6. The first-order valence-electron chi connectivity index (χ1n) is 8.63. The van der Waals surface area contributed by atoms with Crippen molar-refractivity contribution in [3.8, 4) is 5.75 Å². The van der Waals surface area contributed by atoms with Crippen LogP contribution in [0.5, 0.6) is 5.75 Å². The molecule has 0 aromatic heterocycles. The fraction of sp³-hybridized carbons (Fsp3) is 0.316. The smallest absolute Gasteiger partial charge is 0.293 e. The average molecular weight is 373 g/mol. The fourth-order valence-corrected chi connectivity index (χ4v) is 2.58. The normalized spacial score (nSPS) is 13.1. The molecule has 1 aliphatic carbocycles. The lowest BCUT2D eigenvalue weighted by atomic mass is 10.1. The predicted molar refractivity (Wildman–Crippen MR) is 98.7 cm³/mol. The summed E-state index contributed by atoms with van der Waals surface area (Å²) in [5.41, 5.74) is 0.529. The van der Waals surface area contributed by atoms with Crippen LogP contribution in [0.25, 0.3) is 0 Å². The van der Waals surface area contributed by atoms with Crippen LogP contribution in [0.3, 0.4) is 0 Å². The van der Waals surface area contributed by atoms with Gasteiger partial charge in [-0.25, -0.2) is 4.39 Å². The van der Waals surface area contributed by atoms with E-state index in [1.165, 1.54) is 30.3 Å². The highest BCUT2D eigenvalue weighted by Gasteiger charge is 2.25. The summed E-state index contributed by atoms with van der Waals surface area (Å²) in [6.45, 7) is 0.648. The number of halogens is 1. The van der Waals surface area contributed by atoms with Crippen LogP contribution in [0.2, 0.25) is 0 Å². The van der Waals surface area contributed by atoms with Crippen molar-refractivity contribution >= 4 is 17.3 Å². The number of hydrogen-bond donors (Lipinski definition) is 1. The van der Waals surface area contributed by atoms with Crippen LogP contribution in [0, 0.1) is 15.9 Å². The van der Waals surface area contributed by atoms with Gasteiger partial charge in [-0.05, 0) is 49.2 Å². The van der Waals surface area contributed by atoms with Crippen LogP contribution in [0.1, 0.15) is 23.2 Å². The molecule has 0 radical (unpaired) electrons. The van der Waals surface area contributed by atoms with Gasteiger partial charge in [0.05, 0.1) is 11.5 Å². The molecule has 2 aromatic carbocycles. The fourth-order valence-electron chi connectivity index (χ4n) is 2.58. The Morgan fingerprint density at radius 2 is 2.00 bits per heavy atom. The molecule has 27 heavy (non-hydrogen) atoms. The number of benzene rings is 2. The number of nitrogens with one attached hydrogen (secondary N) is 1. The number of hydrogen-bond acceptors (Lipinski definition) is 5. The predicted octanol–water partition coefficient (Wildman–Crippen LogP) is 3.14. The van der Waals surface area contributed by atoms with Crippen molar-refractivity contribution in [3.05, 3.63) is 64.0 Å². The zero-order chi connectivity index (χ0) is 19.4. The van der Waals surface area contributed by atoms with E-state index in [1.54, 1.807) is 24.1 Å². The van der Waals surface area contributed by atoms with Gasteiger partial charge in [0.1, 0.15) is 23.9 Å². The Morgan fingerprint density at radius 3 is 2.63 bits per heavy atom. The summed E-state index contributed by atoms with van der Waals surface area (Å²) < 4.78 is 18.4. The summed E-state index contributed by atoms with van der Waals surface area (Å²) in [6, 6.07) is 10.3. The van der Waals surface area contributed by atoms with E-state index >= 15 is 0 Å². The van der Waals surface area contributed by atoms with Crippen LogP contribution in [-0.4, -0.2) is 37.1 Å². The van der Waals surface area contributed by atoms with Crippen molar-refractivity contribution in [2.75, 3.05) is 25.1 Å². The monoisotopic (exact) mass is 373 g/mol. The average Bonchev–Trinajstić information content (AvgIpc) is 3.46. The second-order valence-electron chi connectivity index (χ2n) is 6.43. The SMILES string of the molecule is CN(CCOc1ccc(F)cc1)c1ccc(C(=O)NC2CC2)cc1[N+](=O)[O-]. The van der Waals surface area contributed by atoms with Crippen LogP contribution in [0.4, 0.5) is 15.8 Å². The minimum absolute atomic E-state index is 0.136. The molecule has 0 saturated heterocycles. The second-order valence-corrected chi connectivity index (χ2v) is 6.43. The number of likely N-dealkylation sites (N-methyl/N-ethyl adjacent to an activating group) is 1. The number of nitro benzene ring substituents is 1. The molecule has 0 atom stereocenters. The van der Waals surface area contributed by atoms with Gasteiger partial charge >= 0.3 is 0 Å².